The summed E-state index contributed by atoms with van der Waals surface area (Å²) in [5.41, 5.74) is 4.32. The van der Waals surface area contributed by atoms with Crippen LogP contribution >= 0.6 is 0 Å². The van der Waals surface area contributed by atoms with Crippen LogP contribution in [0.3, 0.4) is 0 Å². The summed E-state index contributed by atoms with van der Waals surface area (Å²) < 4.78 is 5.37. The average Bonchev–Trinajstić information content (AvgIpc) is 2.64. The minimum atomic E-state index is -0.426. The fourth-order valence-electron chi connectivity index (χ4n) is 2.46. The molecule has 0 atom stereocenters. The van der Waals surface area contributed by atoms with Gasteiger partial charge < -0.3 is 10.1 Å². The highest BCUT2D eigenvalue weighted by molar-refractivity contribution is 5.89. The van der Waals surface area contributed by atoms with Gasteiger partial charge in [0, 0.05) is 13.5 Å². The molecule has 0 radical (unpaired) electrons. The average molecular weight is 349 g/mol. The van der Waals surface area contributed by atoms with E-state index < -0.39 is 5.97 Å². The van der Waals surface area contributed by atoms with E-state index in [1.165, 1.54) is 6.92 Å². The first-order valence-electron chi connectivity index (χ1n) is 8.25. The summed E-state index contributed by atoms with van der Waals surface area (Å²) >= 11 is 0. The number of amides is 1. The van der Waals surface area contributed by atoms with Gasteiger partial charge in [0.15, 0.2) is 0 Å². The van der Waals surface area contributed by atoms with Crippen LogP contribution < -0.4 is 5.32 Å². The van der Waals surface area contributed by atoms with Crippen LogP contribution in [0.4, 0.5) is 0 Å². The number of aromatic nitrogens is 2. The molecule has 2 aromatic carbocycles. The minimum Gasteiger partial charge on any atom is -0.456 e. The molecule has 1 N–H and O–H groups in total. The second kappa shape index (κ2) is 7.74. The van der Waals surface area contributed by atoms with Gasteiger partial charge in [0.05, 0.1) is 28.0 Å². The van der Waals surface area contributed by atoms with Gasteiger partial charge in [0.25, 0.3) is 0 Å². The molecular weight excluding hydrogens is 330 g/mol. The molecule has 3 rings (SSSR count). The third-order valence-corrected chi connectivity index (χ3v) is 3.91. The van der Waals surface area contributed by atoms with Crippen LogP contribution in [0.25, 0.3) is 11.0 Å². The highest BCUT2D eigenvalue weighted by atomic mass is 16.5. The molecule has 26 heavy (non-hydrogen) atoms. The SMILES string of the molecule is CC(=O)NCc1ccc(C(=O)OCc2nc3ccccc3nc2C)cc1. The Balaban J connectivity index is 1.65. The normalized spacial score (nSPS) is 10.5. The number of para-hydroxylation sites is 2. The molecule has 1 amide bonds. The molecule has 1 heterocycles. The lowest BCUT2D eigenvalue weighted by atomic mass is 10.1. The van der Waals surface area contributed by atoms with Crippen LogP contribution in [0, 0.1) is 6.92 Å². The molecule has 0 fully saturated rings. The maximum Gasteiger partial charge on any atom is 0.338 e. The summed E-state index contributed by atoms with van der Waals surface area (Å²) in [5, 5.41) is 2.71. The van der Waals surface area contributed by atoms with Crippen molar-refractivity contribution in [2.45, 2.75) is 27.0 Å². The Morgan fingerprint density at radius 2 is 1.65 bits per heavy atom. The summed E-state index contributed by atoms with van der Waals surface area (Å²) in [6.45, 7) is 3.80. The highest BCUT2D eigenvalue weighted by Crippen LogP contribution is 2.14. The van der Waals surface area contributed by atoms with Gasteiger partial charge in [-0.25, -0.2) is 14.8 Å². The second-order valence-corrected chi connectivity index (χ2v) is 5.93. The number of fused-ring (bicyclic) bond motifs is 1. The number of hydrogen-bond acceptors (Lipinski definition) is 5. The van der Waals surface area contributed by atoms with Gasteiger partial charge in [-0.3, -0.25) is 4.79 Å². The zero-order valence-electron chi connectivity index (χ0n) is 14.7. The van der Waals surface area contributed by atoms with Gasteiger partial charge in [0.1, 0.15) is 6.61 Å². The monoisotopic (exact) mass is 349 g/mol. The van der Waals surface area contributed by atoms with E-state index in [4.69, 9.17) is 4.74 Å². The Labute approximate surface area is 151 Å². The summed E-state index contributed by atoms with van der Waals surface area (Å²) in [7, 11) is 0. The van der Waals surface area contributed by atoms with Gasteiger partial charge in [0.2, 0.25) is 5.91 Å². The number of ether oxygens (including phenoxy) is 1. The number of carbonyl (C=O) groups is 2. The molecule has 0 unspecified atom stereocenters. The molecule has 0 saturated heterocycles. The van der Waals surface area contributed by atoms with Gasteiger partial charge >= 0.3 is 5.97 Å². The molecule has 6 nitrogen and oxygen atoms in total. The minimum absolute atomic E-state index is 0.0656. The number of carbonyl (C=O) groups excluding carboxylic acids is 2. The number of esters is 1. The molecule has 0 aliphatic rings. The topological polar surface area (TPSA) is 81.2 Å². The van der Waals surface area contributed by atoms with Crippen molar-refractivity contribution in [2.24, 2.45) is 0 Å². The van der Waals surface area contributed by atoms with E-state index in [0.717, 1.165) is 22.3 Å². The maximum atomic E-state index is 12.2. The Morgan fingerprint density at radius 1 is 1.00 bits per heavy atom. The van der Waals surface area contributed by atoms with Crippen LogP contribution in [-0.4, -0.2) is 21.8 Å². The standard InChI is InChI=1S/C20H19N3O3/c1-13-19(23-18-6-4-3-5-17(18)22-13)12-26-20(25)16-9-7-15(8-10-16)11-21-14(2)24/h3-10H,11-12H2,1-2H3,(H,21,24). The van der Waals surface area contributed by atoms with Crippen LogP contribution in [-0.2, 0) is 22.7 Å². The van der Waals surface area contributed by atoms with E-state index >= 15 is 0 Å². The van der Waals surface area contributed by atoms with Crippen molar-refractivity contribution < 1.29 is 14.3 Å². The van der Waals surface area contributed by atoms with E-state index in [1.807, 2.05) is 31.2 Å². The molecule has 0 bridgehead atoms. The van der Waals surface area contributed by atoms with Crippen molar-refractivity contribution in [1.82, 2.24) is 15.3 Å². The fourth-order valence-corrected chi connectivity index (χ4v) is 2.46. The molecule has 0 saturated carbocycles. The van der Waals surface area contributed by atoms with E-state index in [9.17, 15) is 9.59 Å². The summed E-state index contributed by atoms with van der Waals surface area (Å²) in [6.07, 6.45) is 0. The molecular formula is C20H19N3O3. The first kappa shape index (κ1) is 17.5. The quantitative estimate of drug-likeness (QED) is 0.716. The van der Waals surface area contributed by atoms with Crippen LogP contribution in [0.1, 0.15) is 34.2 Å². The zero-order chi connectivity index (χ0) is 18.5. The van der Waals surface area contributed by atoms with Crippen LogP contribution in [0.2, 0.25) is 0 Å². The third-order valence-electron chi connectivity index (χ3n) is 3.91. The lowest BCUT2D eigenvalue weighted by molar-refractivity contribution is -0.119. The van der Waals surface area contributed by atoms with Gasteiger partial charge in [-0.05, 0) is 36.8 Å². The largest absolute Gasteiger partial charge is 0.456 e. The maximum absolute atomic E-state index is 12.2. The smallest absolute Gasteiger partial charge is 0.338 e. The zero-order valence-corrected chi connectivity index (χ0v) is 14.7. The first-order valence-corrected chi connectivity index (χ1v) is 8.25. The predicted molar refractivity (Wildman–Crippen MR) is 97.4 cm³/mol. The molecule has 0 aliphatic heterocycles. The van der Waals surface area contributed by atoms with Gasteiger partial charge in [-0.2, -0.15) is 0 Å². The number of nitrogens with one attached hydrogen (secondary N) is 1. The van der Waals surface area contributed by atoms with E-state index in [0.29, 0.717) is 17.8 Å². The Bertz CT molecular complexity index is 952. The Kier molecular flexibility index (Phi) is 5.22. The number of hydrogen-bond donors (Lipinski definition) is 1. The van der Waals surface area contributed by atoms with Crippen molar-refractivity contribution >= 4 is 22.9 Å². The Hall–Kier alpha value is -3.28. The highest BCUT2D eigenvalue weighted by Gasteiger charge is 2.11. The fraction of sp³-hybridized carbons (Fsp3) is 0.200. The number of nitrogens with zero attached hydrogens (tertiary/aromatic N) is 2. The van der Waals surface area contributed by atoms with Crippen LogP contribution in [0.15, 0.2) is 48.5 Å². The van der Waals surface area contributed by atoms with E-state index in [-0.39, 0.29) is 12.5 Å². The summed E-state index contributed by atoms with van der Waals surface area (Å²) in [4.78, 5) is 32.2. The van der Waals surface area contributed by atoms with Crippen molar-refractivity contribution in [3.05, 3.63) is 71.0 Å². The first-order chi connectivity index (χ1) is 12.5. The number of aryl methyl sites for hydroxylation is 1. The third kappa shape index (κ3) is 4.22. The molecule has 6 heteroatoms. The number of rotatable bonds is 5. The molecule has 1 aromatic heterocycles. The number of benzene rings is 2. The second-order valence-electron chi connectivity index (χ2n) is 5.93. The van der Waals surface area contributed by atoms with Crippen molar-refractivity contribution in [3.63, 3.8) is 0 Å². The van der Waals surface area contributed by atoms with Gasteiger partial charge in [-0.15, -0.1) is 0 Å². The van der Waals surface area contributed by atoms with E-state index in [2.05, 4.69) is 15.3 Å². The Morgan fingerprint density at radius 3 is 2.31 bits per heavy atom. The molecule has 0 aliphatic carbocycles. The lowest BCUT2D eigenvalue weighted by Gasteiger charge is -2.08. The van der Waals surface area contributed by atoms with Crippen LogP contribution in [0.5, 0.6) is 0 Å². The molecule has 0 spiro atoms. The summed E-state index contributed by atoms with van der Waals surface area (Å²) in [6, 6.07) is 14.5. The lowest BCUT2D eigenvalue weighted by Crippen LogP contribution is -2.18. The molecule has 3 aromatic rings. The van der Waals surface area contributed by atoms with Crippen molar-refractivity contribution in [1.29, 1.82) is 0 Å². The predicted octanol–water partition coefficient (Wildman–Crippen LogP) is 2.93. The summed E-state index contributed by atoms with van der Waals surface area (Å²) in [5.74, 6) is -0.522. The van der Waals surface area contributed by atoms with Crippen molar-refractivity contribution in [3.8, 4) is 0 Å². The van der Waals surface area contributed by atoms with E-state index in [1.54, 1.807) is 24.3 Å². The van der Waals surface area contributed by atoms with Gasteiger partial charge in [-0.1, -0.05) is 24.3 Å². The van der Waals surface area contributed by atoms with Crippen molar-refractivity contribution in [2.75, 3.05) is 0 Å². The molecule has 132 valence electrons.